The Kier molecular flexibility index (Phi) is 6.20. The number of para-hydroxylation sites is 1. The first-order chi connectivity index (χ1) is 16.7. The standard InChI is InChI=1S/C26H26N6O2/c1-2-18-15-27-11-10-20(18)16-29-26(33)19-6-5-7-21(14-19)28-17-24-30-31-25-22-8-3-4-9-23(22)34-13-12-32(24)25/h3-11,14-15,28H,2,12-13,16-17H2,1H3,(H,29,33). The molecule has 0 unspecified atom stereocenters. The van der Waals surface area contributed by atoms with Crippen molar-refractivity contribution in [1.82, 2.24) is 25.1 Å². The van der Waals surface area contributed by atoms with Crippen molar-refractivity contribution in [1.29, 1.82) is 0 Å². The van der Waals surface area contributed by atoms with E-state index < -0.39 is 0 Å². The number of nitrogens with zero attached hydrogens (tertiary/aromatic N) is 4. The largest absolute Gasteiger partial charge is 0.491 e. The Balaban J connectivity index is 1.26. The van der Waals surface area contributed by atoms with Crippen LogP contribution < -0.4 is 15.4 Å². The third-order valence-electron chi connectivity index (χ3n) is 5.93. The van der Waals surface area contributed by atoms with Gasteiger partial charge in [0, 0.05) is 30.2 Å². The summed E-state index contributed by atoms with van der Waals surface area (Å²) in [5.41, 5.74) is 4.60. The van der Waals surface area contributed by atoms with E-state index in [0.717, 1.165) is 46.2 Å². The highest BCUT2D eigenvalue weighted by Crippen LogP contribution is 2.31. The molecule has 34 heavy (non-hydrogen) atoms. The van der Waals surface area contributed by atoms with E-state index in [1.165, 1.54) is 0 Å². The van der Waals surface area contributed by atoms with Crippen LogP contribution in [0.25, 0.3) is 11.4 Å². The van der Waals surface area contributed by atoms with Crippen LogP contribution in [0.3, 0.4) is 0 Å². The second kappa shape index (κ2) is 9.74. The van der Waals surface area contributed by atoms with Crippen molar-refractivity contribution >= 4 is 11.6 Å². The molecule has 3 heterocycles. The number of benzene rings is 2. The van der Waals surface area contributed by atoms with Gasteiger partial charge in [0.15, 0.2) is 11.6 Å². The number of nitrogens with one attached hydrogen (secondary N) is 2. The molecule has 2 aromatic heterocycles. The minimum absolute atomic E-state index is 0.118. The average molecular weight is 455 g/mol. The summed E-state index contributed by atoms with van der Waals surface area (Å²) >= 11 is 0. The Bertz CT molecular complexity index is 1320. The topological polar surface area (TPSA) is 94.0 Å². The summed E-state index contributed by atoms with van der Waals surface area (Å²) in [6, 6.07) is 17.3. The second-order valence-electron chi connectivity index (χ2n) is 8.05. The number of carbonyl (C=O) groups is 1. The van der Waals surface area contributed by atoms with Crippen LogP contribution in [-0.4, -0.2) is 32.3 Å². The van der Waals surface area contributed by atoms with Gasteiger partial charge in [-0.1, -0.05) is 25.1 Å². The molecular weight excluding hydrogens is 428 g/mol. The van der Waals surface area contributed by atoms with Gasteiger partial charge < -0.3 is 19.9 Å². The number of aryl methyl sites for hydroxylation is 1. The summed E-state index contributed by atoms with van der Waals surface area (Å²) in [5.74, 6) is 2.33. The van der Waals surface area contributed by atoms with Crippen molar-refractivity contribution < 1.29 is 9.53 Å². The van der Waals surface area contributed by atoms with Crippen LogP contribution in [0.1, 0.15) is 34.2 Å². The van der Waals surface area contributed by atoms with Gasteiger partial charge in [-0.05, 0) is 53.9 Å². The van der Waals surface area contributed by atoms with E-state index in [0.29, 0.717) is 31.8 Å². The Hall–Kier alpha value is -4.20. The quantitative estimate of drug-likeness (QED) is 0.441. The molecule has 0 fully saturated rings. The average Bonchev–Trinajstić information content (AvgIpc) is 3.19. The van der Waals surface area contributed by atoms with Gasteiger partial charge in [0.25, 0.3) is 5.91 Å². The van der Waals surface area contributed by atoms with Gasteiger partial charge in [0.1, 0.15) is 12.4 Å². The lowest BCUT2D eigenvalue weighted by molar-refractivity contribution is 0.0951. The Morgan fingerprint density at radius 3 is 2.88 bits per heavy atom. The summed E-state index contributed by atoms with van der Waals surface area (Å²) in [6.45, 7) is 4.26. The second-order valence-corrected chi connectivity index (χ2v) is 8.05. The summed E-state index contributed by atoms with van der Waals surface area (Å²) in [7, 11) is 0. The van der Waals surface area contributed by atoms with E-state index in [-0.39, 0.29) is 5.91 Å². The SMILES string of the molecule is CCc1cnccc1CNC(=O)c1cccc(NCc2nnc3n2CCOc2ccccc2-3)c1. The molecule has 1 aliphatic rings. The van der Waals surface area contributed by atoms with Crippen LogP contribution in [0, 0.1) is 0 Å². The van der Waals surface area contributed by atoms with E-state index in [1.54, 1.807) is 6.20 Å². The van der Waals surface area contributed by atoms with Crippen LogP contribution in [0.5, 0.6) is 5.75 Å². The maximum atomic E-state index is 12.8. The number of hydrogen-bond donors (Lipinski definition) is 2. The van der Waals surface area contributed by atoms with Gasteiger partial charge in [-0.2, -0.15) is 0 Å². The molecule has 4 aromatic rings. The zero-order valence-electron chi connectivity index (χ0n) is 19.0. The lowest BCUT2D eigenvalue weighted by Gasteiger charge is -2.11. The number of fused-ring (bicyclic) bond motifs is 3. The van der Waals surface area contributed by atoms with Crippen LogP contribution in [0.4, 0.5) is 5.69 Å². The summed E-state index contributed by atoms with van der Waals surface area (Å²) in [6.07, 6.45) is 4.48. The molecule has 0 spiro atoms. The van der Waals surface area contributed by atoms with Gasteiger partial charge in [-0.25, -0.2) is 0 Å². The number of rotatable bonds is 7. The van der Waals surface area contributed by atoms with E-state index in [2.05, 4.69) is 37.3 Å². The highest BCUT2D eigenvalue weighted by atomic mass is 16.5. The minimum atomic E-state index is -0.118. The number of ether oxygens (including phenoxy) is 1. The molecule has 172 valence electrons. The number of anilines is 1. The van der Waals surface area contributed by atoms with E-state index >= 15 is 0 Å². The number of aromatic nitrogens is 4. The molecule has 5 rings (SSSR count). The molecule has 8 nitrogen and oxygen atoms in total. The number of pyridine rings is 1. The maximum absolute atomic E-state index is 12.8. The van der Waals surface area contributed by atoms with Gasteiger partial charge in [0.05, 0.1) is 18.7 Å². The van der Waals surface area contributed by atoms with E-state index in [4.69, 9.17) is 4.74 Å². The Labute approximate surface area is 198 Å². The summed E-state index contributed by atoms with van der Waals surface area (Å²) in [4.78, 5) is 16.9. The molecule has 0 atom stereocenters. The fourth-order valence-corrected chi connectivity index (χ4v) is 4.10. The first-order valence-corrected chi connectivity index (χ1v) is 11.4. The third-order valence-corrected chi connectivity index (χ3v) is 5.93. The highest BCUT2D eigenvalue weighted by Gasteiger charge is 2.20. The van der Waals surface area contributed by atoms with Gasteiger partial charge in [0.2, 0.25) is 0 Å². The number of carbonyl (C=O) groups excluding carboxylic acids is 1. The molecule has 0 bridgehead atoms. The molecule has 1 aliphatic heterocycles. The molecule has 2 N–H and O–H groups in total. The van der Waals surface area contributed by atoms with Crippen molar-refractivity contribution in [3.05, 3.63) is 89.5 Å². The van der Waals surface area contributed by atoms with Crippen molar-refractivity contribution in [3.8, 4) is 17.1 Å². The van der Waals surface area contributed by atoms with Crippen molar-refractivity contribution in [2.45, 2.75) is 33.0 Å². The predicted molar refractivity (Wildman–Crippen MR) is 130 cm³/mol. The fraction of sp³-hybridized carbons (Fsp3) is 0.231. The first kappa shape index (κ1) is 21.6. The van der Waals surface area contributed by atoms with Crippen molar-refractivity contribution in [2.75, 3.05) is 11.9 Å². The molecule has 8 heteroatoms. The van der Waals surface area contributed by atoms with Crippen LogP contribution in [-0.2, 0) is 26.1 Å². The third kappa shape index (κ3) is 4.47. The van der Waals surface area contributed by atoms with E-state index in [1.807, 2.05) is 60.8 Å². The molecule has 2 aromatic carbocycles. The van der Waals surface area contributed by atoms with Gasteiger partial charge in [-0.3, -0.25) is 9.78 Å². The van der Waals surface area contributed by atoms with Crippen molar-refractivity contribution in [3.63, 3.8) is 0 Å². The fourth-order valence-electron chi connectivity index (χ4n) is 4.10. The van der Waals surface area contributed by atoms with Gasteiger partial charge in [-0.15, -0.1) is 10.2 Å². The van der Waals surface area contributed by atoms with Crippen LogP contribution >= 0.6 is 0 Å². The zero-order valence-corrected chi connectivity index (χ0v) is 19.0. The normalized spacial score (nSPS) is 12.1. The molecule has 0 saturated heterocycles. The van der Waals surface area contributed by atoms with Crippen LogP contribution in [0.15, 0.2) is 67.0 Å². The summed E-state index contributed by atoms with van der Waals surface area (Å²) < 4.78 is 7.94. The maximum Gasteiger partial charge on any atom is 0.251 e. The number of hydrogen-bond acceptors (Lipinski definition) is 6. The zero-order chi connectivity index (χ0) is 23.3. The molecule has 0 saturated carbocycles. The molecule has 0 aliphatic carbocycles. The minimum Gasteiger partial charge on any atom is -0.491 e. The Morgan fingerprint density at radius 2 is 1.97 bits per heavy atom. The van der Waals surface area contributed by atoms with Crippen molar-refractivity contribution in [2.24, 2.45) is 0 Å². The predicted octanol–water partition coefficient (Wildman–Crippen LogP) is 3.84. The van der Waals surface area contributed by atoms with Crippen LogP contribution in [0.2, 0.25) is 0 Å². The summed E-state index contributed by atoms with van der Waals surface area (Å²) in [5, 5.41) is 15.2. The smallest absolute Gasteiger partial charge is 0.251 e. The molecule has 0 radical (unpaired) electrons. The first-order valence-electron chi connectivity index (χ1n) is 11.4. The monoisotopic (exact) mass is 454 g/mol. The van der Waals surface area contributed by atoms with E-state index in [9.17, 15) is 4.79 Å². The lowest BCUT2D eigenvalue weighted by atomic mass is 10.1. The Morgan fingerprint density at radius 1 is 1.06 bits per heavy atom. The highest BCUT2D eigenvalue weighted by molar-refractivity contribution is 5.95. The number of amides is 1. The lowest BCUT2D eigenvalue weighted by Crippen LogP contribution is -2.23. The molecular formula is C26H26N6O2. The van der Waals surface area contributed by atoms with Gasteiger partial charge >= 0.3 is 0 Å². The molecule has 1 amide bonds.